The molecule has 0 unspecified atom stereocenters. The molecule has 3 nitrogen and oxygen atoms in total. The van der Waals surface area contributed by atoms with Crippen LogP contribution in [0.4, 0.5) is 23.2 Å². The second-order valence-electron chi connectivity index (χ2n) is 3.98. The third-order valence-electron chi connectivity index (χ3n) is 2.46. The van der Waals surface area contributed by atoms with Crippen LogP contribution in [0.25, 0.3) is 0 Å². The van der Waals surface area contributed by atoms with Gasteiger partial charge in [-0.3, -0.25) is 5.43 Å². The van der Waals surface area contributed by atoms with Gasteiger partial charge in [-0.2, -0.15) is 27.6 Å². The largest absolute Gasteiger partial charge is 0.272 e. The van der Waals surface area contributed by atoms with E-state index in [0.29, 0.717) is 5.56 Å². The Morgan fingerprint density at radius 2 is 1.55 bits per heavy atom. The van der Waals surface area contributed by atoms with E-state index in [9.17, 15) is 17.6 Å². The molecule has 1 aromatic carbocycles. The molecule has 1 heterocycles. The van der Waals surface area contributed by atoms with Crippen molar-refractivity contribution in [2.45, 2.75) is 6.92 Å². The molecule has 104 valence electrons. The van der Waals surface area contributed by atoms with Gasteiger partial charge in [0.25, 0.3) is 11.9 Å². The Labute approximate surface area is 112 Å². The second kappa shape index (κ2) is 5.68. The first-order valence-electron chi connectivity index (χ1n) is 5.54. The number of anilines is 1. The number of nitrogens with zero attached hydrogens (tertiary/aromatic N) is 2. The molecule has 0 saturated heterocycles. The lowest BCUT2D eigenvalue weighted by atomic mass is 10.2. The van der Waals surface area contributed by atoms with E-state index >= 15 is 0 Å². The van der Waals surface area contributed by atoms with Crippen LogP contribution < -0.4 is 5.43 Å². The fourth-order valence-electron chi connectivity index (χ4n) is 1.41. The molecule has 20 heavy (non-hydrogen) atoms. The Bertz CT molecular complexity index is 627. The maximum Gasteiger partial charge on any atom is 0.254 e. The van der Waals surface area contributed by atoms with Crippen LogP contribution in [0.1, 0.15) is 11.1 Å². The standard InChI is InChI=1S/C13H9F4N3/c1-7-2-4-8(5-3-7)6-18-20-11-9(14)12(16)19-13(17)10(11)15/h2-6H,1H3,(H,19,20)/b18-6-. The van der Waals surface area contributed by atoms with E-state index in [0.717, 1.165) is 5.56 Å². The maximum atomic E-state index is 13.2. The predicted molar refractivity (Wildman–Crippen MR) is 66.5 cm³/mol. The number of pyridine rings is 1. The van der Waals surface area contributed by atoms with Crippen molar-refractivity contribution in [3.63, 3.8) is 0 Å². The normalized spacial score (nSPS) is 11.1. The van der Waals surface area contributed by atoms with Gasteiger partial charge in [0.1, 0.15) is 5.69 Å². The van der Waals surface area contributed by atoms with Crippen LogP contribution in [-0.4, -0.2) is 11.2 Å². The monoisotopic (exact) mass is 283 g/mol. The fourth-order valence-corrected chi connectivity index (χ4v) is 1.41. The van der Waals surface area contributed by atoms with E-state index in [1.165, 1.54) is 6.21 Å². The molecule has 0 aliphatic heterocycles. The first kappa shape index (κ1) is 14.0. The highest BCUT2D eigenvalue weighted by molar-refractivity contribution is 5.80. The lowest BCUT2D eigenvalue weighted by molar-refractivity contribution is 0.411. The summed E-state index contributed by atoms with van der Waals surface area (Å²) in [6.45, 7) is 1.90. The minimum Gasteiger partial charge on any atom is -0.272 e. The number of hydrazone groups is 1. The highest BCUT2D eigenvalue weighted by Gasteiger charge is 2.20. The topological polar surface area (TPSA) is 37.3 Å². The number of nitrogens with one attached hydrogen (secondary N) is 1. The molecule has 1 N–H and O–H groups in total. The Kier molecular flexibility index (Phi) is 3.97. The minimum absolute atomic E-state index is 0.652. The Morgan fingerprint density at radius 1 is 1.00 bits per heavy atom. The van der Waals surface area contributed by atoms with Crippen molar-refractivity contribution >= 4 is 11.9 Å². The van der Waals surface area contributed by atoms with Gasteiger partial charge in [0, 0.05) is 0 Å². The van der Waals surface area contributed by atoms with Crippen molar-refractivity contribution in [3.05, 3.63) is 58.9 Å². The second-order valence-corrected chi connectivity index (χ2v) is 3.98. The molecule has 0 fully saturated rings. The van der Waals surface area contributed by atoms with Crippen molar-refractivity contribution in [1.29, 1.82) is 0 Å². The quantitative estimate of drug-likeness (QED) is 0.406. The van der Waals surface area contributed by atoms with Gasteiger partial charge < -0.3 is 0 Å². The molecule has 2 aromatic rings. The lowest BCUT2D eigenvalue weighted by Gasteiger charge is -2.04. The Morgan fingerprint density at radius 3 is 2.10 bits per heavy atom. The predicted octanol–water partition coefficient (Wildman–Crippen LogP) is 3.39. The molecule has 0 aliphatic rings. The van der Waals surface area contributed by atoms with Crippen LogP contribution in [0.3, 0.4) is 0 Å². The third-order valence-corrected chi connectivity index (χ3v) is 2.46. The van der Waals surface area contributed by atoms with Gasteiger partial charge in [-0.25, -0.2) is 0 Å². The molecule has 0 radical (unpaired) electrons. The van der Waals surface area contributed by atoms with Crippen molar-refractivity contribution in [2.75, 3.05) is 5.43 Å². The van der Waals surface area contributed by atoms with Crippen LogP contribution in [0.2, 0.25) is 0 Å². The van der Waals surface area contributed by atoms with E-state index in [4.69, 9.17) is 0 Å². The highest BCUT2D eigenvalue weighted by atomic mass is 19.2. The van der Waals surface area contributed by atoms with Crippen LogP contribution in [-0.2, 0) is 0 Å². The van der Waals surface area contributed by atoms with Gasteiger partial charge in [0.05, 0.1) is 6.21 Å². The third kappa shape index (κ3) is 2.93. The average molecular weight is 283 g/mol. The molecule has 7 heteroatoms. The molecule has 0 saturated carbocycles. The van der Waals surface area contributed by atoms with Gasteiger partial charge >= 0.3 is 0 Å². The number of aromatic nitrogens is 1. The van der Waals surface area contributed by atoms with Crippen molar-refractivity contribution in [2.24, 2.45) is 5.10 Å². The number of hydrogen-bond acceptors (Lipinski definition) is 3. The number of benzene rings is 1. The molecular weight excluding hydrogens is 274 g/mol. The van der Waals surface area contributed by atoms with E-state index < -0.39 is 29.2 Å². The zero-order valence-electron chi connectivity index (χ0n) is 10.3. The minimum atomic E-state index is -1.74. The summed E-state index contributed by atoms with van der Waals surface area (Å²) in [6.07, 6.45) is 1.26. The summed E-state index contributed by atoms with van der Waals surface area (Å²) in [5.41, 5.74) is 2.58. The summed E-state index contributed by atoms with van der Waals surface area (Å²) in [5.74, 6) is -6.75. The highest BCUT2D eigenvalue weighted by Crippen LogP contribution is 2.21. The van der Waals surface area contributed by atoms with Crippen molar-refractivity contribution < 1.29 is 17.6 Å². The molecule has 2 rings (SSSR count). The summed E-state index contributed by atoms with van der Waals surface area (Å²) in [6, 6.07) is 7.07. The summed E-state index contributed by atoms with van der Waals surface area (Å²) in [5, 5.41) is 3.53. The maximum absolute atomic E-state index is 13.2. The first-order chi connectivity index (χ1) is 9.49. The summed E-state index contributed by atoms with van der Waals surface area (Å²) in [7, 11) is 0. The van der Waals surface area contributed by atoms with Crippen molar-refractivity contribution in [1.82, 2.24) is 4.98 Å². The molecule has 0 amide bonds. The number of halogens is 4. The Balaban J connectivity index is 2.21. The SMILES string of the molecule is Cc1ccc(/C=N\Nc2c(F)c(F)nc(F)c2F)cc1. The van der Waals surface area contributed by atoms with Gasteiger partial charge in [0.2, 0.25) is 11.6 Å². The zero-order valence-corrected chi connectivity index (χ0v) is 10.3. The molecule has 0 spiro atoms. The molecule has 0 aliphatic carbocycles. The van der Waals surface area contributed by atoms with Crippen LogP contribution in [0.15, 0.2) is 29.4 Å². The van der Waals surface area contributed by atoms with Crippen molar-refractivity contribution in [3.8, 4) is 0 Å². The zero-order chi connectivity index (χ0) is 14.7. The smallest absolute Gasteiger partial charge is 0.254 e. The number of hydrogen-bond donors (Lipinski definition) is 1. The first-order valence-corrected chi connectivity index (χ1v) is 5.54. The summed E-state index contributed by atoms with van der Waals surface area (Å²) < 4.78 is 52.1. The Hall–Kier alpha value is -2.44. The molecular formula is C13H9F4N3. The van der Waals surface area contributed by atoms with E-state index in [1.54, 1.807) is 12.1 Å². The van der Waals surface area contributed by atoms with Crippen LogP contribution in [0, 0.1) is 30.5 Å². The molecule has 0 bridgehead atoms. The number of aryl methyl sites for hydroxylation is 1. The summed E-state index contributed by atoms with van der Waals surface area (Å²) in [4.78, 5) is 2.43. The van der Waals surface area contributed by atoms with Crippen LogP contribution in [0.5, 0.6) is 0 Å². The summed E-state index contributed by atoms with van der Waals surface area (Å²) >= 11 is 0. The average Bonchev–Trinajstić information content (AvgIpc) is 2.42. The van der Waals surface area contributed by atoms with Gasteiger partial charge in [-0.1, -0.05) is 29.8 Å². The fraction of sp³-hybridized carbons (Fsp3) is 0.0769. The number of rotatable bonds is 3. The van der Waals surface area contributed by atoms with Gasteiger partial charge in [-0.15, -0.1) is 0 Å². The van der Waals surface area contributed by atoms with Gasteiger partial charge in [0.15, 0.2) is 0 Å². The molecule has 0 atom stereocenters. The van der Waals surface area contributed by atoms with Crippen LogP contribution >= 0.6 is 0 Å². The van der Waals surface area contributed by atoms with E-state index in [2.05, 4.69) is 10.1 Å². The lowest BCUT2D eigenvalue weighted by Crippen LogP contribution is -2.05. The van der Waals surface area contributed by atoms with Gasteiger partial charge in [-0.05, 0) is 12.5 Å². The molecule has 1 aromatic heterocycles. The van der Waals surface area contributed by atoms with E-state index in [1.807, 2.05) is 24.5 Å². The van der Waals surface area contributed by atoms with E-state index in [-0.39, 0.29) is 0 Å².